The van der Waals surface area contributed by atoms with Gasteiger partial charge < -0.3 is 14.2 Å². The van der Waals surface area contributed by atoms with Crippen LogP contribution in [-0.2, 0) is 28.6 Å². The highest BCUT2D eigenvalue weighted by atomic mass is 16.6. The zero-order chi connectivity index (χ0) is 42.3. The van der Waals surface area contributed by atoms with Gasteiger partial charge in [0.15, 0.2) is 6.10 Å². The molecule has 1 atom stereocenters. The maximum atomic E-state index is 12.7. The topological polar surface area (TPSA) is 78.9 Å². The van der Waals surface area contributed by atoms with Gasteiger partial charge in [-0.2, -0.15) is 0 Å². The lowest BCUT2D eigenvalue weighted by molar-refractivity contribution is -0.167. The number of carbonyl (C=O) groups is 3. The summed E-state index contributed by atoms with van der Waals surface area (Å²) in [5, 5.41) is 0. The Morgan fingerprint density at radius 2 is 0.672 bits per heavy atom. The van der Waals surface area contributed by atoms with Gasteiger partial charge in [-0.25, -0.2) is 0 Å². The van der Waals surface area contributed by atoms with Crippen molar-refractivity contribution in [3.8, 4) is 0 Å². The second kappa shape index (κ2) is 47.1. The highest BCUT2D eigenvalue weighted by Gasteiger charge is 2.19. The number of rotatable bonds is 44. The number of carbonyl (C=O) groups excluding carboxylic acids is 3. The molecule has 0 bridgehead atoms. The van der Waals surface area contributed by atoms with E-state index in [2.05, 4.69) is 69.4 Å². The minimum absolute atomic E-state index is 0.0775. The summed E-state index contributed by atoms with van der Waals surface area (Å²) in [7, 11) is 0. The van der Waals surface area contributed by atoms with Gasteiger partial charge in [0.1, 0.15) is 13.2 Å². The lowest BCUT2D eigenvalue weighted by Crippen LogP contribution is -2.30. The van der Waals surface area contributed by atoms with Gasteiger partial charge in [0.05, 0.1) is 0 Å². The molecule has 6 heteroatoms. The van der Waals surface area contributed by atoms with Crippen LogP contribution in [0.25, 0.3) is 0 Å². The third-order valence-electron chi connectivity index (χ3n) is 10.6. The molecule has 0 aliphatic heterocycles. The van der Waals surface area contributed by atoms with Gasteiger partial charge in [-0.3, -0.25) is 14.4 Å². The molecule has 0 heterocycles. The lowest BCUT2D eigenvalue weighted by atomic mass is 10.1. The fraction of sp³-hybridized carbons (Fsp3) is 0.788. The summed E-state index contributed by atoms with van der Waals surface area (Å²) in [4.78, 5) is 37.8. The summed E-state index contributed by atoms with van der Waals surface area (Å²) in [6.07, 6.45) is 55.2. The van der Waals surface area contributed by atoms with E-state index in [-0.39, 0.29) is 31.1 Å². The summed E-state index contributed by atoms with van der Waals surface area (Å²) in [5.74, 6) is -0.893. The van der Waals surface area contributed by atoms with Crippen LogP contribution in [0, 0.1) is 0 Å². The molecule has 0 saturated heterocycles. The molecule has 0 N–H and O–H groups in total. The molecule has 0 aliphatic rings. The molecule has 6 nitrogen and oxygen atoms in total. The zero-order valence-electron chi connectivity index (χ0n) is 38.3. The van der Waals surface area contributed by atoms with Gasteiger partial charge in [-0.05, 0) is 77.0 Å². The third-order valence-corrected chi connectivity index (χ3v) is 10.6. The average molecular weight is 813 g/mol. The van der Waals surface area contributed by atoms with Crippen LogP contribution in [0.1, 0.15) is 245 Å². The summed E-state index contributed by atoms with van der Waals surface area (Å²) in [6.45, 7) is 6.48. The van der Waals surface area contributed by atoms with E-state index < -0.39 is 6.10 Å². The first-order valence-electron chi connectivity index (χ1n) is 24.6. The summed E-state index contributed by atoms with van der Waals surface area (Å²) in [6, 6.07) is 0. The van der Waals surface area contributed by atoms with E-state index in [1.807, 2.05) is 0 Å². The quantitative estimate of drug-likeness (QED) is 0.0264. The number of hydrogen-bond acceptors (Lipinski definition) is 6. The molecule has 1 unspecified atom stereocenters. The standard InChI is InChI=1S/C52H92O6/c1-4-7-10-13-16-19-21-23-25-26-27-29-30-33-36-39-42-45-51(54)57-48-49(47-56-50(53)44-41-38-35-32-18-15-12-9-6-3)58-52(55)46-43-40-37-34-31-28-24-22-20-17-14-11-8-5-2/h8,11,16-17,19-20,23,25,49H,4-7,9-10,12-15,18,21-22,24,26-48H2,1-3H3/b11-8-,19-16-,20-17-,25-23-. The van der Waals surface area contributed by atoms with Gasteiger partial charge >= 0.3 is 17.9 Å². The number of ether oxygens (including phenoxy) is 3. The Labute approximate surface area is 358 Å². The van der Waals surface area contributed by atoms with Gasteiger partial charge in [-0.15, -0.1) is 0 Å². The van der Waals surface area contributed by atoms with Gasteiger partial charge in [0, 0.05) is 19.3 Å². The molecule has 0 spiro atoms. The lowest BCUT2D eigenvalue weighted by Gasteiger charge is -2.18. The SMILES string of the molecule is CC/C=C\C/C=C\CCCCCCCCCC(=O)OC(COC(=O)CCCCCCCCC/C=C\C/C=C\CCCCC)COC(=O)CCCCCCCCCCC. The fourth-order valence-electron chi connectivity index (χ4n) is 6.86. The Balaban J connectivity index is 4.34. The van der Waals surface area contributed by atoms with Crippen LogP contribution < -0.4 is 0 Å². The minimum atomic E-state index is -0.776. The maximum absolute atomic E-state index is 12.7. The van der Waals surface area contributed by atoms with Gasteiger partial charge in [0.25, 0.3) is 0 Å². The molecule has 0 fully saturated rings. The first kappa shape index (κ1) is 55.4. The van der Waals surface area contributed by atoms with Crippen molar-refractivity contribution in [1.82, 2.24) is 0 Å². The Hall–Kier alpha value is -2.63. The van der Waals surface area contributed by atoms with Crippen LogP contribution >= 0.6 is 0 Å². The van der Waals surface area contributed by atoms with E-state index in [0.29, 0.717) is 19.3 Å². The van der Waals surface area contributed by atoms with Gasteiger partial charge in [-0.1, -0.05) is 198 Å². The predicted molar refractivity (Wildman–Crippen MR) is 247 cm³/mol. The molecule has 0 aliphatic carbocycles. The van der Waals surface area contributed by atoms with E-state index in [1.54, 1.807) is 0 Å². The number of unbranched alkanes of at least 4 members (excludes halogenated alkanes) is 25. The van der Waals surface area contributed by atoms with Crippen molar-refractivity contribution in [3.05, 3.63) is 48.6 Å². The zero-order valence-corrected chi connectivity index (χ0v) is 38.3. The number of hydrogen-bond donors (Lipinski definition) is 0. The Morgan fingerprint density at radius 1 is 0.362 bits per heavy atom. The molecule has 0 amide bonds. The van der Waals surface area contributed by atoms with Crippen molar-refractivity contribution >= 4 is 17.9 Å². The average Bonchev–Trinajstić information content (AvgIpc) is 3.22. The Bertz CT molecular complexity index is 1030. The molecule has 0 saturated carbocycles. The van der Waals surface area contributed by atoms with Crippen LogP contribution in [-0.4, -0.2) is 37.2 Å². The molecular formula is C52H92O6. The van der Waals surface area contributed by atoms with Crippen LogP contribution in [0.5, 0.6) is 0 Å². The molecule has 0 aromatic rings. The summed E-state index contributed by atoms with van der Waals surface area (Å²) in [5.41, 5.74) is 0. The third kappa shape index (κ3) is 44.5. The van der Waals surface area contributed by atoms with Crippen LogP contribution in [0.15, 0.2) is 48.6 Å². The smallest absolute Gasteiger partial charge is 0.306 e. The fourth-order valence-corrected chi connectivity index (χ4v) is 6.86. The molecule has 0 aromatic heterocycles. The van der Waals surface area contributed by atoms with Gasteiger partial charge in [0.2, 0.25) is 0 Å². The van der Waals surface area contributed by atoms with E-state index in [9.17, 15) is 14.4 Å². The molecular weight excluding hydrogens is 721 g/mol. The molecule has 0 rings (SSSR count). The highest BCUT2D eigenvalue weighted by molar-refractivity contribution is 5.71. The van der Waals surface area contributed by atoms with Crippen molar-refractivity contribution in [2.75, 3.05) is 13.2 Å². The maximum Gasteiger partial charge on any atom is 0.306 e. The Morgan fingerprint density at radius 3 is 1.07 bits per heavy atom. The summed E-state index contributed by atoms with van der Waals surface area (Å²) < 4.78 is 16.7. The normalized spacial score (nSPS) is 12.4. The van der Waals surface area contributed by atoms with Crippen molar-refractivity contribution in [3.63, 3.8) is 0 Å². The Kier molecular flexibility index (Phi) is 44.9. The van der Waals surface area contributed by atoms with E-state index in [1.165, 1.54) is 116 Å². The largest absolute Gasteiger partial charge is 0.462 e. The predicted octanol–water partition coefficient (Wildman–Crippen LogP) is 15.9. The van der Waals surface area contributed by atoms with Crippen molar-refractivity contribution in [1.29, 1.82) is 0 Å². The second-order valence-electron chi connectivity index (χ2n) is 16.3. The van der Waals surface area contributed by atoms with E-state index >= 15 is 0 Å². The van der Waals surface area contributed by atoms with Crippen LogP contribution in [0.2, 0.25) is 0 Å². The van der Waals surface area contributed by atoms with E-state index in [0.717, 1.165) is 89.9 Å². The number of esters is 3. The highest BCUT2D eigenvalue weighted by Crippen LogP contribution is 2.14. The minimum Gasteiger partial charge on any atom is -0.462 e. The van der Waals surface area contributed by atoms with Crippen LogP contribution in [0.3, 0.4) is 0 Å². The molecule has 58 heavy (non-hydrogen) atoms. The van der Waals surface area contributed by atoms with E-state index in [4.69, 9.17) is 14.2 Å². The van der Waals surface area contributed by atoms with Crippen molar-refractivity contribution < 1.29 is 28.6 Å². The second-order valence-corrected chi connectivity index (χ2v) is 16.3. The number of allylic oxidation sites excluding steroid dienone is 8. The monoisotopic (exact) mass is 813 g/mol. The molecule has 0 aromatic carbocycles. The first-order valence-corrected chi connectivity index (χ1v) is 24.6. The van der Waals surface area contributed by atoms with Crippen LogP contribution in [0.4, 0.5) is 0 Å². The molecule has 0 radical (unpaired) electrons. The first-order chi connectivity index (χ1) is 28.5. The van der Waals surface area contributed by atoms with Crippen molar-refractivity contribution in [2.24, 2.45) is 0 Å². The molecule has 336 valence electrons. The van der Waals surface area contributed by atoms with Crippen molar-refractivity contribution in [2.45, 2.75) is 252 Å². The summed E-state index contributed by atoms with van der Waals surface area (Å²) >= 11 is 0.